The molecule has 0 atom stereocenters. The third kappa shape index (κ3) is 8.93. The fourth-order valence-corrected chi connectivity index (χ4v) is 2.85. The summed E-state index contributed by atoms with van der Waals surface area (Å²) in [4.78, 5) is 30.3. The van der Waals surface area contributed by atoms with E-state index in [2.05, 4.69) is 10.6 Å². The number of anilines is 1. The Labute approximate surface area is 164 Å². The Bertz CT molecular complexity index is 816. The molecule has 11 heteroatoms. The van der Waals surface area contributed by atoms with Gasteiger partial charge in [-0.05, 0) is 45.4 Å². The average molecular weight is 417 g/mol. The minimum absolute atomic E-state index is 0.160. The van der Waals surface area contributed by atoms with E-state index in [0.29, 0.717) is 11.3 Å². The van der Waals surface area contributed by atoms with E-state index in [-0.39, 0.29) is 22.9 Å². The van der Waals surface area contributed by atoms with Crippen LogP contribution in [0.3, 0.4) is 0 Å². The van der Waals surface area contributed by atoms with E-state index < -0.39 is 22.0 Å². The zero-order chi connectivity index (χ0) is 22.3. The molecular weight excluding hydrogens is 390 g/mol. The molecule has 0 aliphatic heterocycles. The highest BCUT2D eigenvalue weighted by atomic mass is 32.2. The molecule has 1 rings (SSSR count). The fraction of sp³-hybridized carbons (Fsp3) is 0.471. The zero-order valence-corrected chi connectivity index (χ0v) is 17.5. The standard InChI is InChI=1S/C15H25N3O3S.C2H2O4/c1-11-7-8-12(9-13(11)22(20,21)18(5)6)17-14(19)10-16-15(2,3)4;3-1(4)2(5)6/h7-9,16H,10H2,1-6H3,(H,17,19);(H,3,4)(H,5,6). The maximum atomic E-state index is 12.2. The largest absolute Gasteiger partial charge is 0.473 e. The lowest BCUT2D eigenvalue weighted by Gasteiger charge is -2.20. The molecule has 0 aliphatic rings. The quantitative estimate of drug-likeness (QED) is 0.511. The van der Waals surface area contributed by atoms with Gasteiger partial charge in [0.15, 0.2) is 0 Å². The highest BCUT2D eigenvalue weighted by molar-refractivity contribution is 7.89. The van der Waals surface area contributed by atoms with E-state index in [4.69, 9.17) is 19.8 Å². The number of nitrogens with zero attached hydrogens (tertiary/aromatic N) is 1. The molecule has 0 aliphatic carbocycles. The van der Waals surface area contributed by atoms with E-state index in [0.717, 1.165) is 4.31 Å². The third-order valence-corrected chi connectivity index (χ3v) is 5.15. The topological polar surface area (TPSA) is 153 Å². The fourth-order valence-electron chi connectivity index (χ4n) is 1.70. The van der Waals surface area contributed by atoms with Crippen molar-refractivity contribution in [3.8, 4) is 0 Å². The summed E-state index contributed by atoms with van der Waals surface area (Å²) < 4.78 is 25.7. The van der Waals surface area contributed by atoms with Gasteiger partial charge in [-0.15, -0.1) is 0 Å². The Morgan fingerprint density at radius 1 is 1.07 bits per heavy atom. The monoisotopic (exact) mass is 417 g/mol. The van der Waals surface area contributed by atoms with Crippen LogP contribution in [0.1, 0.15) is 26.3 Å². The number of rotatable bonds is 5. The van der Waals surface area contributed by atoms with Gasteiger partial charge in [0.25, 0.3) is 0 Å². The summed E-state index contributed by atoms with van der Waals surface area (Å²) in [7, 11) is -0.576. The third-order valence-electron chi connectivity index (χ3n) is 3.19. The van der Waals surface area contributed by atoms with Crippen molar-refractivity contribution in [2.75, 3.05) is 26.0 Å². The molecule has 0 aromatic heterocycles. The Morgan fingerprint density at radius 2 is 1.57 bits per heavy atom. The van der Waals surface area contributed by atoms with Crippen LogP contribution in [0.25, 0.3) is 0 Å². The van der Waals surface area contributed by atoms with Gasteiger partial charge in [-0.2, -0.15) is 0 Å². The summed E-state index contributed by atoms with van der Waals surface area (Å²) in [6.07, 6.45) is 0. The predicted molar refractivity (Wildman–Crippen MR) is 104 cm³/mol. The number of aryl methyl sites for hydroxylation is 1. The second-order valence-corrected chi connectivity index (χ2v) is 9.15. The molecule has 0 fully saturated rings. The van der Waals surface area contributed by atoms with Crippen LogP contribution in [-0.4, -0.2) is 67.0 Å². The number of nitrogens with one attached hydrogen (secondary N) is 2. The lowest BCUT2D eigenvalue weighted by Crippen LogP contribution is -2.41. The number of amides is 1. The van der Waals surface area contributed by atoms with Crippen molar-refractivity contribution in [2.24, 2.45) is 0 Å². The number of hydrogen-bond donors (Lipinski definition) is 4. The first-order valence-corrected chi connectivity index (χ1v) is 9.56. The molecule has 4 N–H and O–H groups in total. The van der Waals surface area contributed by atoms with Crippen molar-refractivity contribution in [2.45, 2.75) is 38.1 Å². The summed E-state index contributed by atoms with van der Waals surface area (Å²) in [5, 5.41) is 20.6. The number of carbonyl (C=O) groups excluding carboxylic acids is 1. The summed E-state index contributed by atoms with van der Waals surface area (Å²) >= 11 is 0. The van der Waals surface area contributed by atoms with E-state index >= 15 is 0 Å². The van der Waals surface area contributed by atoms with Gasteiger partial charge < -0.3 is 20.8 Å². The molecule has 1 aromatic carbocycles. The summed E-state index contributed by atoms with van der Waals surface area (Å²) in [5.74, 6) is -3.86. The molecule has 1 aromatic rings. The Morgan fingerprint density at radius 3 is 1.96 bits per heavy atom. The molecule has 0 spiro atoms. The number of aliphatic carboxylic acids is 2. The van der Waals surface area contributed by atoms with Crippen LogP contribution in [0.4, 0.5) is 5.69 Å². The van der Waals surface area contributed by atoms with E-state index in [1.165, 1.54) is 20.2 Å². The van der Waals surface area contributed by atoms with Crippen LogP contribution in [0.2, 0.25) is 0 Å². The van der Waals surface area contributed by atoms with Gasteiger partial charge >= 0.3 is 11.9 Å². The first kappa shape index (κ1) is 25.5. The molecule has 0 saturated carbocycles. The molecule has 0 radical (unpaired) electrons. The van der Waals surface area contributed by atoms with Gasteiger partial charge in [-0.25, -0.2) is 22.3 Å². The van der Waals surface area contributed by atoms with Gasteiger partial charge in [-0.1, -0.05) is 6.07 Å². The van der Waals surface area contributed by atoms with Gasteiger partial charge in [0.05, 0.1) is 11.4 Å². The van der Waals surface area contributed by atoms with Crippen LogP contribution in [0, 0.1) is 6.92 Å². The first-order chi connectivity index (χ1) is 12.6. The Balaban J connectivity index is 0.00000105. The average Bonchev–Trinajstić information content (AvgIpc) is 2.54. The summed E-state index contributed by atoms with van der Waals surface area (Å²) in [6.45, 7) is 7.78. The summed E-state index contributed by atoms with van der Waals surface area (Å²) in [5.41, 5.74) is 0.940. The molecule has 0 unspecified atom stereocenters. The zero-order valence-electron chi connectivity index (χ0n) is 16.7. The number of sulfonamides is 1. The van der Waals surface area contributed by atoms with Crippen molar-refractivity contribution in [1.29, 1.82) is 0 Å². The van der Waals surface area contributed by atoms with Crippen molar-refractivity contribution < 1.29 is 33.0 Å². The van der Waals surface area contributed by atoms with Crippen LogP contribution >= 0.6 is 0 Å². The number of benzene rings is 1. The second-order valence-electron chi connectivity index (χ2n) is 7.03. The second kappa shape index (κ2) is 10.2. The molecule has 10 nitrogen and oxygen atoms in total. The lowest BCUT2D eigenvalue weighted by molar-refractivity contribution is -0.159. The maximum Gasteiger partial charge on any atom is 0.414 e. The van der Waals surface area contributed by atoms with Crippen molar-refractivity contribution in [3.63, 3.8) is 0 Å². The normalized spacial score (nSPS) is 11.4. The van der Waals surface area contributed by atoms with Gasteiger partial charge in [0.1, 0.15) is 0 Å². The molecule has 0 heterocycles. The van der Waals surface area contributed by atoms with Crippen LogP contribution in [0.15, 0.2) is 23.1 Å². The molecule has 158 valence electrons. The molecule has 0 bridgehead atoms. The van der Waals surface area contributed by atoms with Crippen molar-refractivity contribution >= 4 is 33.6 Å². The van der Waals surface area contributed by atoms with Crippen LogP contribution < -0.4 is 10.6 Å². The van der Waals surface area contributed by atoms with Gasteiger partial charge in [-0.3, -0.25) is 4.79 Å². The summed E-state index contributed by atoms with van der Waals surface area (Å²) in [6, 6.07) is 4.86. The molecule has 1 amide bonds. The first-order valence-electron chi connectivity index (χ1n) is 8.12. The molecular formula is C17H27N3O7S. The van der Waals surface area contributed by atoms with E-state index in [9.17, 15) is 13.2 Å². The maximum absolute atomic E-state index is 12.2. The Hall–Kier alpha value is -2.50. The number of carbonyl (C=O) groups is 3. The highest BCUT2D eigenvalue weighted by Gasteiger charge is 2.20. The number of carboxylic acid groups (broad SMARTS) is 2. The van der Waals surface area contributed by atoms with E-state index in [1.807, 2.05) is 20.8 Å². The smallest absolute Gasteiger partial charge is 0.414 e. The van der Waals surface area contributed by atoms with Gasteiger partial charge in [0.2, 0.25) is 15.9 Å². The van der Waals surface area contributed by atoms with Crippen molar-refractivity contribution in [1.82, 2.24) is 9.62 Å². The lowest BCUT2D eigenvalue weighted by atomic mass is 10.1. The minimum atomic E-state index is -3.53. The molecule has 0 saturated heterocycles. The number of carboxylic acids is 2. The minimum Gasteiger partial charge on any atom is -0.473 e. The predicted octanol–water partition coefficient (Wildman–Crippen LogP) is 0.728. The molecule has 28 heavy (non-hydrogen) atoms. The highest BCUT2D eigenvalue weighted by Crippen LogP contribution is 2.22. The van der Waals surface area contributed by atoms with Crippen LogP contribution in [-0.2, 0) is 24.4 Å². The van der Waals surface area contributed by atoms with Crippen LogP contribution in [0.5, 0.6) is 0 Å². The van der Waals surface area contributed by atoms with Gasteiger partial charge in [0, 0.05) is 25.3 Å². The SMILES string of the molecule is Cc1ccc(NC(=O)CNC(C)(C)C)cc1S(=O)(=O)N(C)C.O=C(O)C(=O)O. The number of hydrogen-bond acceptors (Lipinski definition) is 6. The van der Waals surface area contributed by atoms with Crippen molar-refractivity contribution in [3.05, 3.63) is 23.8 Å². The van der Waals surface area contributed by atoms with E-state index in [1.54, 1.807) is 19.1 Å². The Kier molecular flexibility index (Phi) is 9.25.